The number of hydrogen-bond donors (Lipinski definition) is 1. The molecule has 0 aliphatic rings. The molecule has 1 atom stereocenters. The lowest BCUT2D eigenvalue weighted by Crippen LogP contribution is -2.16. The first kappa shape index (κ1) is 19.9. The van der Waals surface area contributed by atoms with E-state index < -0.39 is 17.6 Å². The number of aromatic nitrogens is 2. The SMILES string of the molecule is CC(CC#Cc1ccc(Cl)cc1C(F)(F)F)Nc1ncnc2cccc(F)c12. The molecule has 3 aromatic rings. The molecule has 8 heteroatoms. The van der Waals surface area contributed by atoms with Crippen LogP contribution >= 0.6 is 11.6 Å². The zero-order chi connectivity index (χ0) is 20.3. The summed E-state index contributed by atoms with van der Waals surface area (Å²) >= 11 is 5.66. The fourth-order valence-corrected chi connectivity index (χ4v) is 2.79. The average molecular weight is 408 g/mol. The third-order valence-electron chi connectivity index (χ3n) is 3.91. The fourth-order valence-electron chi connectivity index (χ4n) is 2.62. The van der Waals surface area contributed by atoms with E-state index >= 15 is 0 Å². The molecule has 28 heavy (non-hydrogen) atoms. The maximum atomic E-state index is 14.1. The Bertz CT molecular complexity index is 1070. The summed E-state index contributed by atoms with van der Waals surface area (Å²) < 4.78 is 53.4. The minimum atomic E-state index is -4.55. The summed E-state index contributed by atoms with van der Waals surface area (Å²) in [6.07, 6.45) is -3.01. The Hall–Kier alpha value is -2.85. The van der Waals surface area contributed by atoms with Gasteiger partial charge in [0.2, 0.25) is 0 Å². The van der Waals surface area contributed by atoms with Crippen LogP contribution in [0.2, 0.25) is 5.02 Å². The standard InChI is InChI=1S/C20H14ClF4N3/c1-12(28-19-18-16(22)6-3-7-17(18)26-11-27-19)4-2-5-13-8-9-14(21)10-15(13)20(23,24)25/h3,6-12H,4H2,1H3,(H,26,27,28). The molecule has 1 N–H and O–H groups in total. The van der Waals surface area contributed by atoms with Gasteiger partial charge in [-0.25, -0.2) is 14.4 Å². The van der Waals surface area contributed by atoms with E-state index in [1.165, 1.54) is 24.5 Å². The van der Waals surface area contributed by atoms with Crippen LogP contribution in [0.1, 0.15) is 24.5 Å². The zero-order valence-corrected chi connectivity index (χ0v) is 15.4. The minimum absolute atomic E-state index is 0.00873. The maximum Gasteiger partial charge on any atom is 0.417 e. The van der Waals surface area contributed by atoms with Gasteiger partial charge in [0.05, 0.1) is 16.5 Å². The Morgan fingerprint density at radius 2 is 1.96 bits per heavy atom. The molecule has 0 aliphatic carbocycles. The summed E-state index contributed by atoms with van der Waals surface area (Å²) in [6.45, 7) is 1.77. The van der Waals surface area contributed by atoms with Crippen molar-refractivity contribution in [2.45, 2.75) is 25.6 Å². The maximum absolute atomic E-state index is 14.1. The zero-order valence-electron chi connectivity index (χ0n) is 14.6. The van der Waals surface area contributed by atoms with Crippen molar-refractivity contribution in [3.05, 3.63) is 64.7 Å². The van der Waals surface area contributed by atoms with Gasteiger partial charge in [0.1, 0.15) is 18.0 Å². The van der Waals surface area contributed by atoms with Crippen LogP contribution in [0, 0.1) is 17.7 Å². The van der Waals surface area contributed by atoms with Gasteiger partial charge in [-0.2, -0.15) is 13.2 Å². The number of nitrogens with one attached hydrogen (secondary N) is 1. The molecule has 0 spiro atoms. The van der Waals surface area contributed by atoms with Crippen LogP contribution < -0.4 is 5.32 Å². The van der Waals surface area contributed by atoms with Gasteiger partial charge in [0.25, 0.3) is 0 Å². The van der Waals surface area contributed by atoms with Gasteiger partial charge in [0, 0.05) is 23.0 Å². The van der Waals surface area contributed by atoms with Crippen LogP contribution in [0.4, 0.5) is 23.4 Å². The highest BCUT2D eigenvalue weighted by molar-refractivity contribution is 6.30. The van der Waals surface area contributed by atoms with Crippen LogP contribution in [-0.4, -0.2) is 16.0 Å². The number of anilines is 1. The van der Waals surface area contributed by atoms with Gasteiger partial charge >= 0.3 is 6.18 Å². The number of rotatable bonds is 3. The molecule has 0 bridgehead atoms. The van der Waals surface area contributed by atoms with Crippen molar-refractivity contribution in [3.8, 4) is 11.8 Å². The first-order chi connectivity index (χ1) is 13.3. The van der Waals surface area contributed by atoms with Crippen molar-refractivity contribution < 1.29 is 17.6 Å². The Morgan fingerprint density at radius 1 is 1.18 bits per heavy atom. The smallest absolute Gasteiger partial charge is 0.366 e. The molecule has 144 valence electrons. The van der Waals surface area contributed by atoms with E-state index in [-0.39, 0.29) is 28.4 Å². The number of halogens is 5. The van der Waals surface area contributed by atoms with Crippen LogP contribution in [0.25, 0.3) is 10.9 Å². The highest BCUT2D eigenvalue weighted by Crippen LogP contribution is 2.33. The predicted octanol–water partition coefficient (Wildman–Crippen LogP) is 5.68. The molecule has 0 fully saturated rings. The predicted molar refractivity (Wildman–Crippen MR) is 101 cm³/mol. The molecule has 3 rings (SSSR count). The van der Waals surface area contributed by atoms with E-state index in [9.17, 15) is 17.6 Å². The van der Waals surface area contributed by atoms with Crippen molar-refractivity contribution in [1.82, 2.24) is 9.97 Å². The molecule has 0 radical (unpaired) electrons. The molecule has 1 aromatic heterocycles. The van der Waals surface area contributed by atoms with Crippen molar-refractivity contribution in [3.63, 3.8) is 0 Å². The van der Waals surface area contributed by atoms with Gasteiger partial charge in [-0.3, -0.25) is 0 Å². The highest BCUT2D eigenvalue weighted by Gasteiger charge is 2.33. The Balaban J connectivity index is 1.78. The van der Waals surface area contributed by atoms with Crippen LogP contribution in [0.15, 0.2) is 42.7 Å². The monoisotopic (exact) mass is 407 g/mol. The van der Waals surface area contributed by atoms with Gasteiger partial charge in [-0.15, -0.1) is 0 Å². The van der Waals surface area contributed by atoms with E-state index in [4.69, 9.17) is 11.6 Å². The van der Waals surface area contributed by atoms with E-state index in [1.54, 1.807) is 19.1 Å². The lowest BCUT2D eigenvalue weighted by atomic mass is 10.1. The summed E-state index contributed by atoms with van der Waals surface area (Å²) in [5, 5.41) is 3.27. The summed E-state index contributed by atoms with van der Waals surface area (Å²) in [5.41, 5.74) is -0.577. The van der Waals surface area contributed by atoms with Crippen LogP contribution in [0.3, 0.4) is 0 Å². The lowest BCUT2D eigenvalue weighted by Gasteiger charge is -2.13. The molecule has 2 aromatic carbocycles. The first-order valence-corrected chi connectivity index (χ1v) is 8.65. The van der Waals surface area contributed by atoms with Gasteiger partial charge < -0.3 is 5.32 Å². The van der Waals surface area contributed by atoms with Gasteiger partial charge in [-0.1, -0.05) is 29.5 Å². The molecule has 3 nitrogen and oxygen atoms in total. The molecule has 0 amide bonds. The molecule has 1 heterocycles. The van der Waals surface area contributed by atoms with E-state index in [1.807, 2.05) is 0 Å². The summed E-state index contributed by atoms with van der Waals surface area (Å²) in [7, 11) is 0. The molecule has 0 aliphatic heterocycles. The first-order valence-electron chi connectivity index (χ1n) is 8.27. The summed E-state index contributed by atoms with van der Waals surface area (Å²) in [4.78, 5) is 8.07. The normalized spacial score (nSPS) is 12.4. The Kier molecular flexibility index (Phi) is 5.71. The number of benzene rings is 2. The number of hydrogen-bond acceptors (Lipinski definition) is 3. The Labute approximate surface area is 163 Å². The van der Waals surface area contributed by atoms with Gasteiger partial charge in [-0.05, 0) is 37.3 Å². The van der Waals surface area contributed by atoms with Crippen molar-refractivity contribution in [2.24, 2.45) is 0 Å². The summed E-state index contributed by atoms with van der Waals surface area (Å²) in [6, 6.07) is 7.68. The largest absolute Gasteiger partial charge is 0.417 e. The quantitative estimate of drug-likeness (QED) is 0.448. The average Bonchev–Trinajstić information content (AvgIpc) is 2.62. The second-order valence-corrected chi connectivity index (χ2v) is 6.53. The number of fused-ring (bicyclic) bond motifs is 1. The van der Waals surface area contributed by atoms with Crippen LogP contribution in [-0.2, 0) is 6.18 Å². The third kappa shape index (κ3) is 4.52. The van der Waals surface area contributed by atoms with Crippen molar-refractivity contribution in [1.29, 1.82) is 0 Å². The van der Waals surface area contributed by atoms with E-state index in [2.05, 4.69) is 27.1 Å². The second kappa shape index (κ2) is 8.03. The molecule has 1 unspecified atom stereocenters. The molecular formula is C20H14ClF4N3. The minimum Gasteiger partial charge on any atom is -0.366 e. The van der Waals surface area contributed by atoms with Gasteiger partial charge in [0.15, 0.2) is 0 Å². The Morgan fingerprint density at radius 3 is 2.71 bits per heavy atom. The van der Waals surface area contributed by atoms with Crippen LogP contribution in [0.5, 0.6) is 0 Å². The van der Waals surface area contributed by atoms with E-state index in [0.717, 1.165) is 6.07 Å². The fraction of sp³-hybridized carbons (Fsp3) is 0.200. The second-order valence-electron chi connectivity index (χ2n) is 6.10. The molecule has 0 saturated heterocycles. The summed E-state index contributed by atoms with van der Waals surface area (Å²) in [5.74, 6) is 5.10. The molecule has 0 saturated carbocycles. The topological polar surface area (TPSA) is 37.8 Å². The van der Waals surface area contributed by atoms with Crippen molar-refractivity contribution in [2.75, 3.05) is 5.32 Å². The van der Waals surface area contributed by atoms with Crippen molar-refractivity contribution >= 4 is 28.3 Å². The lowest BCUT2D eigenvalue weighted by molar-refractivity contribution is -0.137. The third-order valence-corrected chi connectivity index (χ3v) is 4.15. The molecular weight excluding hydrogens is 394 g/mol. The van der Waals surface area contributed by atoms with E-state index in [0.29, 0.717) is 11.3 Å². The number of alkyl halides is 3. The highest BCUT2D eigenvalue weighted by atomic mass is 35.5. The number of nitrogens with zero attached hydrogens (tertiary/aromatic N) is 2.